The zero-order chi connectivity index (χ0) is 12.8. The zero-order valence-corrected chi connectivity index (χ0v) is 11.8. The number of hydrogen-bond donors (Lipinski definition) is 1. The third-order valence-electron chi connectivity index (χ3n) is 2.28. The number of nitrogens with one attached hydrogen (secondary N) is 1. The van der Waals surface area contributed by atoms with Crippen molar-refractivity contribution in [2.75, 3.05) is 6.54 Å². The molecule has 94 valence electrons. The first-order chi connectivity index (χ1) is 8.06. The maximum absolute atomic E-state index is 13.5. The average molecular weight is 323 g/mol. The molecule has 0 aliphatic heterocycles. The second kappa shape index (κ2) is 6.97. The van der Waals surface area contributed by atoms with E-state index >= 15 is 0 Å². The zero-order valence-electron chi connectivity index (χ0n) is 9.47. The van der Waals surface area contributed by atoms with Crippen LogP contribution in [0.25, 0.3) is 0 Å². The average Bonchev–Trinajstić information content (AvgIpc) is 2.30. The molecule has 1 unspecified atom stereocenters. The van der Waals surface area contributed by atoms with E-state index in [9.17, 15) is 9.18 Å². The number of halogens is 3. The van der Waals surface area contributed by atoms with Crippen LogP contribution in [0.4, 0.5) is 4.39 Å². The van der Waals surface area contributed by atoms with Crippen molar-refractivity contribution < 1.29 is 9.18 Å². The lowest BCUT2D eigenvalue weighted by Gasteiger charge is -2.10. The highest BCUT2D eigenvalue weighted by Crippen LogP contribution is 2.17. The van der Waals surface area contributed by atoms with Crippen LogP contribution in [0.1, 0.15) is 30.1 Å². The first-order valence-electron chi connectivity index (χ1n) is 5.42. The Bertz CT molecular complexity index is 400. The van der Waals surface area contributed by atoms with Crippen LogP contribution in [-0.2, 0) is 0 Å². The summed E-state index contributed by atoms with van der Waals surface area (Å²) < 4.78 is 13.5. The Morgan fingerprint density at radius 1 is 1.59 bits per heavy atom. The molecule has 1 rings (SSSR count). The van der Waals surface area contributed by atoms with Gasteiger partial charge in [-0.2, -0.15) is 0 Å². The second-order valence-corrected chi connectivity index (χ2v) is 5.40. The van der Waals surface area contributed by atoms with E-state index in [2.05, 4.69) is 28.2 Å². The van der Waals surface area contributed by atoms with E-state index in [1.54, 1.807) is 6.07 Å². The maximum Gasteiger partial charge on any atom is 0.254 e. The number of hydrogen-bond acceptors (Lipinski definition) is 1. The summed E-state index contributed by atoms with van der Waals surface area (Å²) in [7, 11) is 0. The van der Waals surface area contributed by atoms with Gasteiger partial charge in [-0.3, -0.25) is 4.79 Å². The van der Waals surface area contributed by atoms with Gasteiger partial charge in [0, 0.05) is 11.4 Å². The molecule has 0 heterocycles. The third-order valence-corrected chi connectivity index (χ3v) is 3.36. The van der Waals surface area contributed by atoms with Gasteiger partial charge in [0.15, 0.2) is 5.82 Å². The number of amides is 1. The van der Waals surface area contributed by atoms with Crippen LogP contribution >= 0.6 is 27.5 Å². The smallest absolute Gasteiger partial charge is 0.254 e. The predicted octanol–water partition coefficient (Wildman–Crippen LogP) is 3.77. The minimum atomic E-state index is -0.673. The lowest BCUT2D eigenvalue weighted by molar-refractivity contribution is 0.0949. The molecule has 0 saturated carbocycles. The molecule has 2 nitrogen and oxygen atoms in total. The number of alkyl halides is 1. The van der Waals surface area contributed by atoms with Crippen molar-refractivity contribution in [3.63, 3.8) is 0 Å². The van der Waals surface area contributed by atoms with E-state index < -0.39 is 11.7 Å². The summed E-state index contributed by atoms with van der Waals surface area (Å²) in [6.45, 7) is 2.53. The highest BCUT2D eigenvalue weighted by atomic mass is 79.9. The van der Waals surface area contributed by atoms with Crippen LogP contribution in [0.2, 0.25) is 5.02 Å². The summed E-state index contributed by atoms with van der Waals surface area (Å²) in [6, 6.07) is 4.38. The van der Waals surface area contributed by atoms with Gasteiger partial charge in [0.1, 0.15) is 0 Å². The van der Waals surface area contributed by atoms with Crippen LogP contribution < -0.4 is 5.32 Å². The molecule has 0 spiro atoms. The highest BCUT2D eigenvalue weighted by Gasteiger charge is 2.14. The summed E-state index contributed by atoms with van der Waals surface area (Å²) in [5, 5.41) is 2.63. The third kappa shape index (κ3) is 4.28. The second-order valence-electron chi connectivity index (χ2n) is 3.70. The van der Waals surface area contributed by atoms with Crippen LogP contribution in [-0.4, -0.2) is 17.3 Å². The SMILES string of the molecule is CCCC(Br)CNC(=O)c1cccc(Cl)c1F. The van der Waals surface area contributed by atoms with E-state index in [1.807, 2.05) is 0 Å². The predicted molar refractivity (Wildman–Crippen MR) is 71.4 cm³/mol. The van der Waals surface area contributed by atoms with Crippen molar-refractivity contribution in [2.24, 2.45) is 0 Å². The lowest BCUT2D eigenvalue weighted by atomic mass is 10.2. The van der Waals surface area contributed by atoms with Gasteiger partial charge in [-0.25, -0.2) is 4.39 Å². The first kappa shape index (κ1) is 14.5. The van der Waals surface area contributed by atoms with Crippen molar-refractivity contribution in [1.29, 1.82) is 0 Å². The summed E-state index contributed by atoms with van der Waals surface area (Å²) in [5.41, 5.74) is -0.0197. The summed E-state index contributed by atoms with van der Waals surface area (Å²) in [4.78, 5) is 11.9. The van der Waals surface area contributed by atoms with Crippen molar-refractivity contribution in [3.05, 3.63) is 34.6 Å². The Labute approximate surface area is 114 Å². The van der Waals surface area contributed by atoms with Crippen molar-refractivity contribution >= 4 is 33.4 Å². The van der Waals surface area contributed by atoms with Gasteiger partial charge in [-0.15, -0.1) is 0 Å². The Morgan fingerprint density at radius 2 is 2.29 bits per heavy atom. The fourth-order valence-corrected chi connectivity index (χ4v) is 2.19. The van der Waals surface area contributed by atoms with Crippen molar-refractivity contribution in [2.45, 2.75) is 24.6 Å². The minimum absolute atomic E-state index is 0.0197. The monoisotopic (exact) mass is 321 g/mol. The van der Waals surface area contributed by atoms with Crippen LogP contribution in [0, 0.1) is 5.82 Å². The molecule has 0 radical (unpaired) electrons. The van der Waals surface area contributed by atoms with Crippen molar-refractivity contribution in [3.8, 4) is 0 Å². The molecule has 0 bridgehead atoms. The molecule has 0 aliphatic rings. The van der Waals surface area contributed by atoms with Gasteiger partial charge >= 0.3 is 0 Å². The molecule has 0 aliphatic carbocycles. The van der Waals surface area contributed by atoms with E-state index in [1.165, 1.54) is 12.1 Å². The van der Waals surface area contributed by atoms with Crippen LogP contribution in [0.3, 0.4) is 0 Å². The maximum atomic E-state index is 13.5. The first-order valence-corrected chi connectivity index (χ1v) is 6.72. The van der Waals surface area contributed by atoms with Crippen molar-refractivity contribution in [1.82, 2.24) is 5.32 Å². The van der Waals surface area contributed by atoms with E-state index in [-0.39, 0.29) is 15.4 Å². The number of carbonyl (C=O) groups excluding carboxylic acids is 1. The normalized spacial score (nSPS) is 12.2. The van der Waals surface area contributed by atoms with Gasteiger partial charge in [0.25, 0.3) is 5.91 Å². The summed E-state index contributed by atoms with van der Waals surface area (Å²) in [6.07, 6.45) is 1.98. The molecule has 5 heteroatoms. The van der Waals surface area contributed by atoms with E-state index in [0.717, 1.165) is 12.8 Å². The van der Waals surface area contributed by atoms with Gasteiger partial charge in [-0.05, 0) is 18.6 Å². The Hall–Kier alpha value is -0.610. The molecule has 17 heavy (non-hydrogen) atoms. The molecular weight excluding hydrogens is 308 g/mol. The van der Waals surface area contributed by atoms with Gasteiger partial charge in [-0.1, -0.05) is 46.9 Å². The fraction of sp³-hybridized carbons (Fsp3) is 0.417. The van der Waals surface area contributed by atoms with E-state index in [4.69, 9.17) is 11.6 Å². The van der Waals surface area contributed by atoms with Gasteiger partial charge in [0.05, 0.1) is 10.6 Å². The van der Waals surface area contributed by atoms with Crippen LogP contribution in [0.15, 0.2) is 18.2 Å². The standard InChI is InChI=1S/C12H14BrClFNO/c1-2-4-8(13)7-16-12(17)9-5-3-6-10(14)11(9)15/h3,5-6,8H,2,4,7H2,1H3,(H,16,17). The quantitative estimate of drug-likeness (QED) is 0.821. The van der Waals surface area contributed by atoms with Gasteiger partial charge < -0.3 is 5.32 Å². The molecule has 1 N–H and O–H groups in total. The number of carbonyl (C=O) groups is 1. The summed E-state index contributed by atoms with van der Waals surface area (Å²) >= 11 is 9.04. The Morgan fingerprint density at radius 3 is 2.94 bits per heavy atom. The minimum Gasteiger partial charge on any atom is -0.351 e. The molecule has 1 atom stereocenters. The van der Waals surface area contributed by atoms with E-state index in [0.29, 0.717) is 6.54 Å². The topological polar surface area (TPSA) is 29.1 Å². The molecule has 1 aromatic carbocycles. The highest BCUT2D eigenvalue weighted by molar-refractivity contribution is 9.09. The number of benzene rings is 1. The Kier molecular flexibility index (Phi) is 5.92. The molecule has 0 fully saturated rings. The lowest BCUT2D eigenvalue weighted by Crippen LogP contribution is -2.30. The molecular formula is C12H14BrClFNO. The fourth-order valence-electron chi connectivity index (χ4n) is 1.39. The Balaban J connectivity index is 2.61. The van der Waals surface area contributed by atoms with Gasteiger partial charge in [0.2, 0.25) is 0 Å². The molecule has 0 aromatic heterocycles. The summed E-state index contributed by atoms with van der Waals surface area (Å²) in [5.74, 6) is -1.11. The molecule has 1 aromatic rings. The van der Waals surface area contributed by atoms with Crippen LogP contribution in [0.5, 0.6) is 0 Å². The largest absolute Gasteiger partial charge is 0.351 e. The number of rotatable bonds is 5. The molecule has 0 saturated heterocycles. The molecule has 1 amide bonds.